The van der Waals surface area contributed by atoms with E-state index in [-0.39, 0.29) is 22.6 Å². The first-order valence-corrected chi connectivity index (χ1v) is 7.94. The van der Waals surface area contributed by atoms with Crippen LogP contribution in [0.3, 0.4) is 0 Å². The number of aromatic carboxylic acids is 1. The Morgan fingerprint density at radius 2 is 2.08 bits per heavy atom. The van der Waals surface area contributed by atoms with Gasteiger partial charge in [-0.1, -0.05) is 25.9 Å². The average Bonchev–Trinajstić information content (AvgIpc) is 3.18. The summed E-state index contributed by atoms with van der Waals surface area (Å²) in [5.74, 6) is -1.42. The molecule has 0 bridgehead atoms. The van der Waals surface area contributed by atoms with Crippen molar-refractivity contribution in [2.45, 2.75) is 32.7 Å². The van der Waals surface area contributed by atoms with E-state index in [1.807, 2.05) is 20.8 Å². The molecule has 0 saturated carbocycles. The van der Waals surface area contributed by atoms with Crippen LogP contribution in [0.2, 0.25) is 0 Å². The molecule has 0 aliphatic carbocycles. The van der Waals surface area contributed by atoms with Crippen LogP contribution in [0.25, 0.3) is 5.65 Å². The highest BCUT2D eigenvalue weighted by atomic mass is 16.5. The first-order chi connectivity index (χ1) is 12.2. The number of rotatable bonds is 4. The molecule has 26 heavy (non-hydrogen) atoms. The second-order valence-corrected chi connectivity index (χ2v) is 7.08. The van der Waals surface area contributed by atoms with Crippen LogP contribution in [0.15, 0.2) is 29.2 Å². The van der Waals surface area contributed by atoms with Crippen LogP contribution in [-0.2, 0) is 12.0 Å². The zero-order valence-corrected chi connectivity index (χ0v) is 14.9. The Bertz CT molecular complexity index is 983. The molecule has 0 atom stereocenters. The third-order valence-electron chi connectivity index (χ3n) is 3.89. The number of carbonyl (C=O) groups excluding carboxylic acids is 1. The summed E-state index contributed by atoms with van der Waals surface area (Å²) in [7, 11) is 1.65. The van der Waals surface area contributed by atoms with Crippen LogP contribution in [0, 0.1) is 0 Å². The van der Waals surface area contributed by atoms with E-state index in [1.54, 1.807) is 7.05 Å². The molecule has 3 rings (SSSR count). The number of carbonyl (C=O) groups is 2. The summed E-state index contributed by atoms with van der Waals surface area (Å²) in [6, 6.07) is 1.52. The van der Waals surface area contributed by atoms with E-state index in [0.717, 1.165) is 11.3 Å². The van der Waals surface area contributed by atoms with Crippen LogP contribution < -0.4 is 0 Å². The van der Waals surface area contributed by atoms with E-state index < -0.39 is 5.97 Å². The third-order valence-corrected chi connectivity index (χ3v) is 3.89. The lowest BCUT2D eigenvalue weighted by Gasteiger charge is -2.20. The molecule has 9 nitrogen and oxygen atoms in total. The number of amides is 1. The maximum atomic E-state index is 12.7. The molecule has 3 heterocycles. The molecule has 0 spiro atoms. The highest BCUT2D eigenvalue weighted by Crippen LogP contribution is 2.25. The Balaban J connectivity index is 1.84. The fraction of sp³-hybridized carbons (Fsp3) is 0.353. The van der Waals surface area contributed by atoms with E-state index in [9.17, 15) is 9.59 Å². The van der Waals surface area contributed by atoms with Crippen molar-refractivity contribution in [1.29, 1.82) is 0 Å². The van der Waals surface area contributed by atoms with Crippen molar-refractivity contribution in [1.82, 2.24) is 24.7 Å². The van der Waals surface area contributed by atoms with E-state index in [1.165, 1.54) is 34.1 Å². The number of aromatic nitrogens is 4. The van der Waals surface area contributed by atoms with Gasteiger partial charge in [-0.05, 0) is 0 Å². The molecule has 3 aromatic rings. The molecule has 0 aromatic carbocycles. The molecular weight excluding hydrogens is 338 g/mol. The fourth-order valence-electron chi connectivity index (χ4n) is 2.60. The van der Waals surface area contributed by atoms with Crippen LogP contribution in [0.4, 0.5) is 0 Å². The molecule has 0 aliphatic rings. The molecule has 0 saturated heterocycles. The molecule has 0 radical (unpaired) electrons. The van der Waals surface area contributed by atoms with Gasteiger partial charge in [-0.3, -0.25) is 4.79 Å². The number of hydrogen-bond donors (Lipinski definition) is 1. The number of nitrogens with zero attached hydrogens (tertiary/aromatic N) is 5. The monoisotopic (exact) mass is 357 g/mol. The van der Waals surface area contributed by atoms with Crippen LogP contribution >= 0.6 is 0 Å². The summed E-state index contributed by atoms with van der Waals surface area (Å²) in [6.45, 7) is 6.37. The van der Waals surface area contributed by atoms with Gasteiger partial charge in [-0.15, -0.1) is 0 Å². The van der Waals surface area contributed by atoms with Crippen molar-refractivity contribution in [2.24, 2.45) is 0 Å². The summed E-state index contributed by atoms with van der Waals surface area (Å²) in [5, 5.41) is 17.2. The lowest BCUT2D eigenvalue weighted by molar-refractivity contribution is 0.0695. The van der Waals surface area contributed by atoms with Crippen molar-refractivity contribution in [3.8, 4) is 0 Å². The lowest BCUT2D eigenvalue weighted by Crippen LogP contribution is -2.28. The second kappa shape index (κ2) is 6.25. The highest BCUT2D eigenvalue weighted by molar-refractivity contribution is 5.93. The lowest BCUT2D eigenvalue weighted by atomic mass is 9.89. The van der Waals surface area contributed by atoms with Crippen molar-refractivity contribution >= 4 is 17.5 Å². The first-order valence-electron chi connectivity index (χ1n) is 7.94. The zero-order valence-electron chi connectivity index (χ0n) is 14.9. The van der Waals surface area contributed by atoms with Gasteiger partial charge < -0.3 is 14.5 Å². The van der Waals surface area contributed by atoms with E-state index in [4.69, 9.17) is 9.63 Å². The summed E-state index contributed by atoms with van der Waals surface area (Å²) in [6.07, 6.45) is 4.08. The molecule has 136 valence electrons. The van der Waals surface area contributed by atoms with Gasteiger partial charge in [0.25, 0.3) is 5.91 Å². The predicted octanol–water partition coefficient (Wildman–Crippen LogP) is 1.99. The fourth-order valence-corrected chi connectivity index (χ4v) is 2.60. The quantitative estimate of drug-likeness (QED) is 0.759. The number of carboxylic acid groups (broad SMARTS) is 1. The van der Waals surface area contributed by atoms with Gasteiger partial charge in [0.2, 0.25) is 0 Å². The largest absolute Gasteiger partial charge is 0.478 e. The van der Waals surface area contributed by atoms with Crippen molar-refractivity contribution in [3.05, 3.63) is 47.2 Å². The molecule has 3 aromatic heterocycles. The maximum Gasteiger partial charge on any atom is 0.338 e. The van der Waals surface area contributed by atoms with Crippen molar-refractivity contribution in [2.75, 3.05) is 7.05 Å². The van der Waals surface area contributed by atoms with Gasteiger partial charge in [0, 0.05) is 36.5 Å². The SMILES string of the molecule is CN(Cc1conc1C(C)(C)C)C(=O)c1cc2ncc(C(=O)O)cn2n1. The van der Waals surface area contributed by atoms with Gasteiger partial charge in [-0.2, -0.15) is 5.10 Å². The van der Waals surface area contributed by atoms with Crippen LogP contribution in [-0.4, -0.2) is 48.7 Å². The van der Waals surface area contributed by atoms with Crippen LogP contribution in [0.1, 0.15) is 52.9 Å². The second-order valence-electron chi connectivity index (χ2n) is 7.08. The number of carboxylic acids is 1. The van der Waals surface area contributed by atoms with Gasteiger partial charge >= 0.3 is 5.97 Å². The Morgan fingerprint density at radius 1 is 1.35 bits per heavy atom. The van der Waals surface area contributed by atoms with E-state index >= 15 is 0 Å². The summed E-state index contributed by atoms with van der Waals surface area (Å²) >= 11 is 0. The third kappa shape index (κ3) is 3.28. The van der Waals surface area contributed by atoms with E-state index in [0.29, 0.717) is 12.2 Å². The molecule has 0 unspecified atom stereocenters. The number of fused-ring (bicyclic) bond motifs is 1. The van der Waals surface area contributed by atoms with E-state index in [2.05, 4.69) is 15.2 Å². The van der Waals surface area contributed by atoms with Gasteiger partial charge in [0.05, 0.1) is 17.8 Å². The predicted molar refractivity (Wildman–Crippen MR) is 90.9 cm³/mol. The standard InChI is InChI=1S/C17H19N5O4/c1-17(2,3)14-11(9-26-20-14)7-21(4)15(23)12-5-13-18-6-10(16(24)25)8-22(13)19-12/h5-6,8-9H,7H2,1-4H3,(H,24,25). The smallest absolute Gasteiger partial charge is 0.338 e. The average molecular weight is 357 g/mol. The summed E-state index contributed by atoms with van der Waals surface area (Å²) in [4.78, 5) is 29.2. The Labute approximate surface area is 149 Å². The first kappa shape index (κ1) is 17.6. The normalized spacial score (nSPS) is 11.7. The van der Waals surface area contributed by atoms with Crippen molar-refractivity contribution < 1.29 is 19.2 Å². The zero-order chi connectivity index (χ0) is 19.1. The topological polar surface area (TPSA) is 114 Å². The minimum Gasteiger partial charge on any atom is -0.478 e. The van der Waals surface area contributed by atoms with Gasteiger partial charge in [0.1, 0.15) is 6.26 Å². The molecule has 0 fully saturated rings. The Morgan fingerprint density at radius 3 is 2.73 bits per heavy atom. The van der Waals surface area contributed by atoms with Crippen molar-refractivity contribution in [3.63, 3.8) is 0 Å². The highest BCUT2D eigenvalue weighted by Gasteiger charge is 2.25. The molecular formula is C17H19N5O4. The van der Waals surface area contributed by atoms with Gasteiger partial charge in [0.15, 0.2) is 11.3 Å². The molecule has 0 aliphatic heterocycles. The molecule has 9 heteroatoms. The summed E-state index contributed by atoms with van der Waals surface area (Å²) in [5.41, 5.74) is 1.98. The summed E-state index contributed by atoms with van der Waals surface area (Å²) < 4.78 is 6.35. The maximum absolute atomic E-state index is 12.7. The minimum atomic E-state index is -1.11. The minimum absolute atomic E-state index is 0.00718. The Hall–Kier alpha value is -3.23. The van der Waals surface area contributed by atoms with Gasteiger partial charge in [-0.25, -0.2) is 14.3 Å². The molecule has 1 N–H and O–H groups in total. The Kier molecular flexibility index (Phi) is 4.23. The van der Waals surface area contributed by atoms with Crippen LogP contribution in [0.5, 0.6) is 0 Å². The number of hydrogen-bond acceptors (Lipinski definition) is 6. The molecule has 1 amide bonds.